The van der Waals surface area contributed by atoms with Crippen molar-refractivity contribution >= 4 is 87.0 Å². The molecule has 2 aliphatic heterocycles. The molecule has 3 unspecified atom stereocenters. The Morgan fingerprint density at radius 3 is 1.51 bits per heavy atom. The van der Waals surface area contributed by atoms with E-state index in [1.165, 1.54) is 19.1 Å². The van der Waals surface area contributed by atoms with Crippen molar-refractivity contribution in [3.8, 4) is 0 Å². The number of esters is 3. The summed E-state index contributed by atoms with van der Waals surface area (Å²) in [5, 5.41) is 14.5. The number of alkyl halides is 7. The minimum atomic E-state index is -1.80. The molecule has 0 spiro atoms. The van der Waals surface area contributed by atoms with Crippen LogP contribution in [0, 0.1) is 35.5 Å². The molecule has 5 aliphatic carbocycles. The lowest BCUT2D eigenvalue weighted by Crippen LogP contribution is -2.45. The lowest BCUT2D eigenvalue weighted by Gasteiger charge is -2.38. The molecule has 23 nitrogen and oxygen atoms in total. The molecule has 19 atom stereocenters. The van der Waals surface area contributed by atoms with Crippen LogP contribution in [0.1, 0.15) is 136 Å². The minimum absolute atomic E-state index is 0.00806. The van der Waals surface area contributed by atoms with Gasteiger partial charge < -0.3 is 73.4 Å². The van der Waals surface area contributed by atoms with Gasteiger partial charge in [0.2, 0.25) is 11.8 Å². The number of likely N-dealkylation sites (N-methyl/N-ethyl adjacent to an activating group) is 1. The van der Waals surface area contributed by atoms with Crippen LogP contribution in [0.15, 0.2) is 70.6 Å². The van der Waals surface area contributed by atoms with Crippen molar-refractivity contribution in [2.45, 2.75) is 268 Å². The molecule has 0 bridgehead atoms. The van der Waals surface area contributed by atoms with E-state index >= 15 is 0 Å². The van der Waals surface area contributed by atoms with Gasteiger partial charge in [0, 0.05) is 32.1 Å². The molecule has 2 aromatic rings. The third-order valence-corrected chi connectivity index (χ3v) is 28.0. The summed E-state index contributed by atoms with van der Waals surface area (Å²) in [5.41, 5.74) is 7.62. The number of aliphatic hydroxyl groups is 1. The number of hydrogen-bond donors (Lipinski definition) is 4. The molecule has 110 heavy (non-hydrogen) atoms. The van der Waals surface area contributed by atoms with Gasteiger partial charge in [-0.1, -0.05) is 138 Å². The zero-order chi connectivity index (χ0) is 82.2. The lowest BCUT2D eigenvalue weighted by molar-refractivity contribution is -0.148. The van der Waals surface area contributed by atoms with Crippen LogP contribution in [0.4, 0.5) is 40.7 Å². The van der Waals surface area contributed by atoms with Crippen LogP contribution in [-0.2, 0) is 74.7 Å². The number of halogens is 7. The fraction of sp³-hybridized carbons (Fsp3) is 0.744. The van der Waals surface area contributed by atoms with E-state index in [-0.39, 0.29) is 124 Å². The van der Waals surface area contributed by atoms with Crippen molar-refractivity contribution in [1.29, 1.82) is 0 Å². The van der Waals surface area contributed by atoms with Gasteiger partial charge in [-0.25, -0.2) is 60.3 Å². The minimum Gasteiger partial charge on any atom is -0.483 e. The fourth-order valence-corrected chi connectivity index (χ4v) is 15.9. The van der Waals surface area contributed by atoms with Crippen molar-refractivity contribution in [3.05, 3.63) is 71.8 Å². The Bertz CT molecular complexity index is 3020. The number of hydrogen-bond acceptors (Lipinski definition) is 20. The van der Waals surface area contributed by atoms with Gasteiger partial charge in [-0.05, 0) is 155 Å². The Morgan fingerprint density at radius 1 is 0.645 bits per heavy atom. The van der Waals surface area contributed by atoms with Gasteiger partial charge in [-0.3, -0.25) is 4.79 Å². The van der Waals surface area contributed by atoms with Crippen LogP contribution in [0.2, 0.25) is 43.8 Å². The standard InChI is InChI=1S/C17H21F2NO4.C17H22FNO5.C15H30F2N2O2Si.C12H24FIOSi.C9H16N2O2.C8H12O3/c1-23-16(21)15(9-12-7-13(18)14(19)8-12)20-17(22)24-10-11-5-3-2-4-6-11;1-23-16(21)14(8-12-7-13(18)15(20)9-12)19-17(22)24-10-11-5-3-2-4-6-11;1-19(15(20)21-5-6-22(2,3)4)10-12(18)7-11-8-13(16)14(17)9-11;1-12(2,3)16(4,5)15-11-7-9(8-14)6-10(11)13;1-6(2)8-9(13-4)10-5-7(11-8)12-3;1-2-10-8(9)5-3-6-7(4-5)11-6/h2-6,12-15H,7-10H2,1H3,(H,20,22);2-6,12-15,20H,7-10H2,1H3,(H,19,22);11-14H,5-10,18H2,1-4H3;9-11H,6-8H2,1-5H3;6,8H,5H2,1-4H3;5-7H,2-4H2,1H3/t12?,13-,14+,15-;12-,13-,14-,15-;11?,12-,13-,14+;9-,10+,11+;8-;5?,6-,7+/m01001./s1. The Balaban J connectivity index is 0.000000284. The number of nitrogens with two attached hydrogens (primary N) is 1. The largest absolute Gasteiger partial charge is 0.483 e. The molecule has 6 fully saturated rings. The summed E-state index contributed by atoms with van der Waals surface area (Å²) >= 11 is 2.35. The fourth-order valence-electron chi connectivity index (χ4n) is 13.1. The third kappa shape index (κ3) is 34.9. The molecule has 0 aromatic heterocycles. The van der Waals surface area contributed by atoms with E-state index in [2.05, 4.69) is 120 Å². The molecule has 3 amide bonds. The topological polar surface area (TPSA) is 296 Å². The first-order valence-corrected chi connectivity index (χ1v) is 46.4. The van der Waals surface area contributed by atoms with Gasteiger partial charge in [0.25, 0.3) is 0 Å². The first kappa shape index (κ1) is 96.6. The number of aliphatic imine (C=N–C) groups is 2. The van der Waals surface area contributed by atoms with E-state index in [9.17, 15) is 60.2 Å². The number of amides is 3. The molecule has 5 N–H and O–H groups in total. The van der Waals surface area contributed by atoms with Gasteiger partial charge in [0.15, 0.2) is 8.32 Å². The highest BCUT2D eigenvalue weighted by Crippen LogP contribution is 2.44. The Morgan fingerprint density at radius 2 is 1.11 bits per heavy atom. The summed E-state index contributed by atoms with van der Waals surface area (Å²) in [4.78, 5) is 80.4. The van der Waals surface area contributed by atoms with Gasteiger partial charge in [0.1, 0.15) is 74.9 Å². The third-order valence-electron chi connectivity index (χ3n) is 20.5. The molecular weight excluding hydrogens is 1590 g/mol. The Hall–Kier alpha value is -5.82. The number of nitrogens with zero attached hydrogens (tertiary/aromatic N) is 3. The number of epoxide rings is 1. The molecule has 0 radical (unpaired) electrons. The van der Waals surface area contributed by atoms with E-state index < -0.39 is 95.7 Å². The number of fused-ring (bicyclic) bond motifs is 1. The van der Waals surface area contributed by atoms with Crippen LogP contribution in [0.25, 0.3) is 0 Å². The number of methoxy groups -OCH3 is 4. The maximum absolute atomic E-state index is 13.8. The second kappa shape index (κ2) is 47.8. The molecule has 626 valence electrons. The number of ether oxygens (including phenoxy) is 9. The van der Waals surface area contributed by atoms with E-state index in [0.29, 0.717) is 75.0 Å². The zero-order valence-electron chi connectivity index (χ0n) is 67.2. The van der Waals surface area contributed by atoms with Crippen LogP contribution in [0.5, 0.6) is 0 Å². The molecular formula is C78H125F6IN6O17Si2. The summed E-state index contributed by atoms with van der Waals surface area (Å²) in [6.07, 6.45) is -4.90. The number of nitrogens with one attached hydrogen (secondary N) is 2. The average Bonchev–Trinajstić information content (AvgIpc) is 1.63. The predicted molar refractivity (Wildman–Crippen MR) is 423 cm³/mol. The second-order valence-corrected chi connectivity index (χ2v) is 43.6. The monoisotopic (exact) mass is 1710 g/mol. The van der Waals surface area contributed by atoms with Gasteiger partial charge in [0.05, 0.1) is 72.0 Å². The highest BCUT2D eigenvalue weighted by Gasteiger charge is 2.51. The first-order valence-electron chi connectivity index (χ1n) is 38.2. The van der Waals surface area contributed by atoms with E-state index in [4.69, 9.17) is 43.3 Å². The SMILES string of the molecule is CC(C)(C)[Si](C)(C)O[C@@H]1C[C@@H](CI)C[C@H]1F.CCOC(=O)C1C[C@@H]2O[C@@H]2C1.CN(C[C@@H](N)CC1C[C@@H](F)[C@@H](F)C1)C(=O)OCC[Si](C)(C)C.COC(=O)[C@@H](C[C@@H]1C[C@@H](O)[C@H](F)C1)NC(=O)OCc1ccccc1.COC(=O)[C@H](CC1C[C@@H](F)[C@@H](F)C1)NC(=O)OCc1ccccc1.COC1=N[C@H](C(C)C)C(OC)=NC1. The number of rotatable bonds is 25. The second-order valence-electron chi connectivity index (χ2n) is 32.3. The maximum atomic E-state index is 13.8. The van der Waals surface area contributed by atoms with E-state index in [0.717, 1.165) is 40.9 Å². The summed E-state index contributed by atoms with van der Waals surface area (Å²) in [6.45, 7) is 25.6. The van der Waals surface area contributed by atoms with Crippen molar-refractivity contribution in [1.82, 2.24) is 15.5 Å². The molecule has 7 aliphatic rings. The van der Waals surface area contributed by atoms with Gasteiger partial charge >= 0.3 is 36.2 Å². The van der Waals surface area contributed by atoms with Crippen molar-refractivity contribution in [3.63, 3.8) is 0 Å². The summed E-state index contributed by atoms with van der Waals surface area (Å²) in [7, 11) is 4.27. The number of carbonyl (C=O) groups is 6. The zero-order valence-corrected chi connectivity index (χ0v) is 71.4. The average molecular weight is 1720 g/mol. The Labute approximate surface area is 663 Å². The summed E-state index contributed by atoms with van der Waals surface area (Å²) in [5.74, 6) is 0.526. The maximum Gasteiger partial charge on any atom is 0.409 e. The molecule has 2 aromatic carbocycles. The number of alkyl carbamates (subject to hydrolysis) is 2. The first-order chi connectivity index (χ1) is 51.7. The highest BCUT2D eigenvalue weighted by molar-refractivity contribution is 14.1. The summed E-state index contributed by atoms with van der Waals surface area (Å²) in [6, 6.07) is 16.9. The highest BCUT2D eigenvalue weighted by atomic mass is 127. The lowest BCUT2D eigenvalue weighted by atomic mass is 9.98. The predicted octanol–water partition coefficient (Wildman–Crippen LogP) is 14.5. The Kier molecular flexibility index (Phi) is 41.9. The van der Waals surface area contributed by atoms with Gasteiger partial charge in [-0.2, -0.15) is 0 Å². The van der Waals surface area contributed by atoms with Crippen LogP contribution < -0.4 is 16.4 Å². The van der Waals surface area contributed by atoms with Gasteiger partial charge in [-0.15, -0.1) is 0 Å². The number of carbonyl (C=O) groups excluding carboxylic acids is 6. The van der Waals surface area contributed by atoms with Crippen LogP contribution in [0.3, 0.4) is 0 Å². The molecule has 2 heterocycles. The summed E-state index contributed by atoms with van der Waals surface area (Å²) < 4.78 is 132. The molecule has 5 saturated carbocycles. The smallest absolute Gasteiger partial charge is 0.409 e. The van der Waals surface area contributed by atoms with Crippen LogP contribution >= 0.6 is 22.6 Å². The van der Waals surface area contributed by atoms with Crippen molar-refractivity contribution < 1.29 is 107 Å². The van der Waals surface area contributed by atoms with E-state index in [1.807, 2.05) is 55.5 Å². The van der Waals surface area contributed by atoms with Crippen molar-refractivity contribution in [2.75, 3.05) is 66.2 Å². The number of aliphatic hydroxyl groups excluding tert-OH is 1. The molecule has 1 saturated heterocycles. The molecule has 32 heteroatoms. The van der Waals surface area contributed by atoms with E-state index in [1.54, 1.807) is 33.4 Å². The normalized spacial score (nSPS) is 27.2. The van der Waals surface area contributed by atoms with Crippen LogP contribution in [-0.4, -0.2) is 226 Å². The van der Waals surface area contributed by atoms with Crippen molar-refractivity contribution in [2.24, 2.45) is 51.2 Å². The quantitative estimate of drug-likeness (QED) is 0.0137. The number of benzene rings is 2. The molecule has 9 rings (SSSR count).